The van der Waals surface area contributed by atoms with Gasteiger partial charge >= 0.3 is 0 Å². The molecule has 6 heteroatoms. The van der Waals surface area contributed by atoms with Crippen molar-refractivity contribution < 1.29 is 9.59 Å². The number of nitrogens with zero attached hydrogens (tertiary/aromatic N) is 1. The lowest BCUT2D eigenvalue weighted by Crippen LogP contribution is -2.26. The molecule has 1 aliphatic heterocycles. The lowest BCUT2D eigenvalue weighted by molar-refractivity contribution is -0.115. The number of aryl methyl sites for hydroxylation is 1. The third-order valence-corrected chi connectivity index (χ3v) is 4.51. The van der Waals surface area contributed by atoms with Gasteiger partial charge in [0, 0.05) is 16.7 Å². The Kier molecular flexibility index (Phi) is 3.85. The zero-order valence-electron chi connectivity index (χ0n) is 12.2. The molecule has 2 aromatic rings. The van der Waals surface area contributed by atoms with E-state index in [-0.39, 0.29) is 17.1 Å². The fraction of sp³-hybridized carbons (Fsp3) is 0.188. The van der Waals surface area contributed by atoms with Crippen molar-refractivity contribution in [3.05, 3.63) is 47.7 Å². The van der Waals surface area contributed by atoms with Gasteiger partial charge in [0.25, 0.3) is 5.91 Å². The molecule has 22 heavy (non-hydrogen) atoms. The van der Waals surface area contributed by atoms with E-state index in [1.807, 2.05) is 26.0 Å². The van der Waals surface area contributed by atoms with Crippen molar-refractivity contribution in [2.75, 3.05) is 10.6 Å². The van der Waals surface area contributed by atoms with Crippen LogP contribution in [-0.2, 0) is 4.79 Å². The van der Waals surface area contributed by atoms with Crippen LogP contribution in [0.2, 0.25) is 0 Å². The van der Waals surface area contributed by atoms with Gasteiger partial charge in [-0.2, -0.15) is 0 Å². The highest BCUT2D eigenvalue weighted by atomic mass is 32.2. The van der Waals surface area contributed by atoms with Gasteiger partial charge in [-0.15, -0.1) is 11.8 Å². The molecule has 0 bridgehead atoms. The van der Waals surface area contributed by atoms with E-state index in [1.54, 1.807) is 24.4 Å². The largest absolute Gasteiger partial charge is 0.324 e. The summed E-state index contributed by atoms with van der Waals surface area (Å²) in [4.78, 5) is 29.1. The highest BCUT2D eigenvalue weighted by Crippen LogP contribution is 2.35. The molecule has 3 rings (SSSR count). The van der Waals surface area contributed by atoms with E-state index < -0.39 is 0 Å². The Labute approximate surface area is 132 Å². The van der Waals surface area contributed by atoms with E-state index in [0.29, 0.717) is 17.1 Å². The summed E-state index contributed by atoms with van der Waals surface area (Å²) in [6, 6.07) is 8.96. The maximum Gasteiger partial charge on any atom is 0.256 e. The minimum atomic E-state index is -0.251. The number of benzene rings is 1. The lowest BCUT2D eigenvalue weighted by Gasteiger charge is -2.21. The van der Waals surface area contributed by atoms with E-state index in [9.17, 15) is 9.59 Å². The molecule has 1 aliphatic rings. The molecule has 2 amide bonds. The second kappa shape index (κ2) is 5.81. The van der Waals surface area contributed by atoms with Crippen LogP contribution in [0.25, 0.3) is 0 Å². The van der Waals surface area contributed by atoms with Crippen LogP contribution >= 0.6 is 11.8 Å². The van der Waals surface area contributed by atoms with Crippen molar-refractivity contribution in [1.29, 1.82) is 0 Å². The SMILES string of the molecule is Cc1ccnc(NC(=O)c2ccc3c(c2)NC(=O)[C@H](C)S3)c1. The van der Waals surface area contributed by atoms with Crippen molar-refractivity contribution in [2.24, 2.45) is 0 Å². The van der Waals surface area contributed by atoms with Gasteiger partial charge in [0.2, 0.25) is 5.91 Å². The first-order valence-electron chi connectivity index (χ1n) is 6.88. The number of fused-ring (bicyclic) bond motifs is 1. The molecule has 5 nitrogen and oxygen atoms in total. The topological polar surface area (TPSA) is 71.1 Å². The van der Waals surface area contributed by atoms with Crippen molar-refractivity contribution in [2.45, 2.75) is 24.0 Å². The smallest absolute Gasteiger partial charge is 0.256 e. The Balaban J connectivity index is 1.82. The Morgan fingerprint density at radius 1 is 1.32 bits per heavy atom. The van der Waals surface area contributed by atoms with Gasteiger partial charge in [-0.05, 0) is 49.7 Å². The van der Waals surface area contributed by atoms with Crippen LogP contribution < -0.4 is 10.6 Å². The molecule has 112 valence electrons. The molecule has 0 fully saturated rings. The van der Waals surface area contributed by atoms with Gasteiger partial charge in [-0.3, -0.25) is 9.59 Å². The van der Waals surface area contributed by atoms with Crippen molar-refractivity contribution in [3.8, 4) is 0 Å². The van der Waals surface area contributed by atoms with Gasteiger partial charge in [0.15, 0.2) is 0 Å². The van der Waals surface area contributed by atoms with Crippen LogP contribution in [0.3, 0.4) is 0 Å². The zero-order valence-corrected chi connectivity index (χ0v) is 13.0. The molecule has 0 aliphatic carbocycles. The molecule has 0 spiro atoms. The molecule has 1 atom stereocenters. The second-order valence-electron chi connectivity index (χ2n) is 5.13. The standard InChI is InChI=1S/C16H15N3O2S/c1-9-5-6-17-14(7-9)19-16(21)11-3-4-13-12(8-11)18-15(20)10(2)22-13/h3-8,10H,1-2H3,(H,18,20)(H,17,19,21)/t10-/m0/s1. The predicted molar refractivity (Wildman–Crippen MR) is 87.3 cm³/mol. The lowest BCUT2D eigenvalue weighted by atomic mass is 10.1. The first-order valence-corrected chi connectivity index (χ1v) is 7.76. The van der Waals surface area contributed by atoms with Crippen molar-refractivity contribution in [3.63, 3.8) is 0 Å². The number of hydrogen-bond donors (Lipinski definition) is 2. The van der Waals surface area contributed by atoms with E-state index in [0.717, 1.165) is 10.5 Å². The molecule has 1 aromatic carbocycles. The molecule has 2 N–H and O–H groups in total. The molecule has 0 unspecified atom stereocenters. The molecule has 0 radical (unpaired) electrons. The summed E-state index contributed by atoms with van der Waals surface area (Å²) in [6.45, 7) is 3.79. The number of pyridine rings is 1. The van der Waals surface area contributed by atoms with E-state index >= 15 is 0 Å². The normalized spacial score (nSPS) is 16.6. The minimum absolute atomic E-state index is 0.0459. The number of amides is 2. The highest BCUT2D eigenvalue weighted by molar-refractivity contribution is 8.00. The van der Waals surface area contributed by atoms with E-state index in [1.165, 1.54) is 11.8 Å². The fourth-order valence-corrected chi connectivity index (χ4v) is 3.07. The van der Waals surface area contributed by atoms with Crippen LogP contribution in [0.4, 0.5) is 11.5 Å². The molecule has 1 aromatic heterocycles. The summed E-state index contributed by atoms with van der Waals surface area (Å²) in [7, 11) is 0. The van der Waals surface area contributed by atoms with Crippen molar-refractivity contribution in [1.82, 2.24) is 4.98 Å². The predicted octanol–water partition coefficient (Wildman–Crippen LogP) is 3.08. The van der Waals surface area contributed by atoms with Crippen LogP contribution in [-0.4, -0.2) is 22.0 Å². The maximum atomic E-state index is 12.3. The van der Waals surface area contributed by atoms with Gasteiger partial charge in [0.1, 0.15) is 5.82 Å². The quantitative estimate of drug-likeness (QED) is 0.894. The van der Waals surface area contributed by atoms with Gasteiger partial charge < -0.3 is 10.6 Å². The summed E-state index contributed by atoms with van der Waals surface area (Å²) >= 11 is 1.49. The molecular weight excluding hydrogens is 298 g/mol. The summed E-state index contributed by atoms with van der Waals surface area (Å²) in [5.74, 6) is 0.212. The number of thioether (sulfide) groups is 1. The Hall–Kier alpha value is -2.34. The number of aromatic nitrogens is 1. The minimum Gasteiger partial charge on any atom is -0.324 e. The van der Waals surface area contributed by atoms with E-state index in [2.05, 4.69) is 15.6 Å². The third-order valence-electron chi connectivity index (χ3n) is 3.33. The van der Waals surface area contributed by atoms with Crippen LogP contribution in [0, 0.1) is 6.92 Å². The average Bonchev–Trinajstić information content (AvgIpc) is 2.48. The van der Waals surface area contributed by atoms with Gasteiger partial charge in [-0.25, -0.2) is 4.98 Å². The number of carbonyl (C=O) groups excluding carboxylic acids is 2. The molecule has 0 saturated carbocycles. The third kappa shape index (κ3) is 2.96. The number of anilines is 2. The summed E-state index contributed by atoms with van der Waals surface area (Å²) in [5.41, 5.74) is 2.18. The summed E-state index contributed by atoms with van der Waals surface area (Å²) in [5, 5.41) is 5.46. The maximum absolute atomic E-state index is 12.3. The first-order chi connectivity index (χ1) is 10.5. The Morgan fingerprint density at radius 3 is 2.91 bits per heavy atom. The summed E-state index contributed by atoms with van der Waals surface area (Å²) < 4.78 is 0. The molecule has 0 saturated heterocycles. The number of nitrogens with one attached hydrogen (secondary N) is 2. The van der Waals surface area contributed by atoms with Crippen LogP contribution in [0.5, 0.6) is 0 Å². The van der Waals surface area contributed by atoms with E-state index in [4.69, 9.17) is 0 Å². The van der Waals surface area contributed by atoms with Crippen molar-refractivity contribution >= 4 is 35.1 Å². The zero-order chi connectivity index (χ0) is 15.7. The first kappa shape index (κ1) is 14.6. The monoisotopic (exact) mass is 313 g/mol. The number of hydrogen-bond acceptors (Lipinski definition) is 4. The number of carbonyl (C=O) groups is 2. The molecule has 2 heterocycles. The number of rotatable bonds is 2. The van der Waals surface area contributed by atoms with Gasteiger partial charge in [0.05, 0.1) is 10.9 Å². The molecular formula is C16H15N3O2S. The Bertz CT molecular complexity index is 761. The van der Waals surface area contributed by atoms with Crippen LogP contribution in [0.15, 0.2) is 41.4 Å². The van der Waals surface area contributed by atoms with Gasteiger partial charge in [-0.1, -0.05) is 0 Å². The Morgan fingerprint density at radius 2 is 2.14 bits per heavy atom. The second-order valence-corrected chi connectivity index (χ2v) is 6.52. The average molecular weight is 313 g/mol. The highest BCUT2D eigenvalue weighted by Gasteiger charge is 2.23. The van der Waals surface area contributed by atoms with Crippen LogP contribution in [0.1, 0.15) is 22.8 Å². The fourth-order valence-electron chi connectivity index (χ4n) is 2.14. The summed E-state index contributed by atoms with van der Waals surface area (Å²) in [6.07, 6.45) is 1.65.